The highest BCUT2D eigenvalue weighted by Crippen LogP contribution is 2.28. The Kier molecular flexibility index (Phi) is 6.55. The average molecular weight is 336 g/mol. The van der Waals surface area contributed by atoms with Crippen LogP contribution >= 0.6 is 11.6 Å². The van der Waals surface area contributed by atoms with Crippen molar-refractivity contribution in [2.24, 2.45) is 5.92 Å². The van der Waals surface area contributed by atoms with Gasteiger partial charge in [0.1, 0.15) is 18.4 Å². The molecule has 22 heavy (non-hydrogen) atoms. The number of hydrogen-bond donors (Lipinski definition) is 2. The zero-order chi connectivity index (χ0) is 16.1. The summed E-state index contributed by atoms with van der Waals surface area (Å²) in [5.41, 5.74) is -0.672. The van der Waals surface area contributed by atoms with Gasteiger partial charge in [0.05, 0.1) is 24.2 Å². The van der Waals surface area contributed by atoms with Crippen molar-refractivity contribution in [3.8, 4) is 0 Å². The van der Waals surface area contributed by atoms with E-state index in [1.54, 1.807) is 6.92 Å². The van der Waals surface area contributed by atoms with Crippen molar-refractivity contribution in [1.29, 1.82) is 0 Å². The standard InChI is InChI=1S/C14H23ClFN3O3/c1-2-22-12(21)8-11(20)9-7-10(16)14(18-13(9)15)19-5-3-17-4-6-19/h9-10,13-14,17-18H,2-8H2,1H3. The second kappa shape index (κ2) is 8.19. The maximum absolute atomic E-state index is 14.5. The highest BCUT2D eigenvalue weighted by Gasteiger charge is 2.42. The molecule has 2 aliphatic rings. The maximum atomic E-state index is 14.5. The van der Waals surface area contributed by atoms with Gasteiger partial charge in [-0.25, -0.2) is 4.39 Å². The van der Waals surface area contributed by atoms with Gasteiger partial charge in [-0.05, 0) is 13.3 Å². The fraction of sp³-hybridized carbons (Fsp3) is 0.857. The minimum atomic E-state index is -1.19. The van der Waals surface area contributed by atoms with Crippen LogP contribution in [0.4, 0.5) is 4.39 Å². The molecule has 0 aromatic heterocycles. The highest BCUT2D eigenvalue weighted by molar-refractivity contribution is 6.22. The number of halogens is 2. The summed E-state index contributed by atoms with van der Waals surface area (Å²) in [6.45, 7) is 4.99. The predicted molar refractivity (Wildman–Crippen MR) is 80.3 cm³/mol. The molecule has 0 saturated carbocycles. The first-order valence-corrected chi connectivity index (χ1v) is 8.14. The van der Waals surface area contributed by atoms with Gasteiger partial charge in [-0.2, -0.15) is 0 Å². The Balaban J connectivity index is 1.91. The number of piperidine rings is 1. The molecule has 0 radical (unpaired) electrons. The molecule has 2 aliphatic heterocycles. The summed E-state index contributed by atoms with van der Waals surface area (Å²) in [7, 11) is 0. The van der Waals surface area contributed by atoms with Gasteiger partial charge < -0.3 is 10.1 Å². The van der Waals surface area contributed by atoms with E-state index in [2.05, 4.69) is 10.6 Å². The smallest absolute Gasteiger partial charge is 0.313 e. The minimum Gasteiger partial charge on any atom is -0.466 e. The molecule has 0 aromatic carbocycles. The summed E-state index contributed by atoms with van der Waals surface area (Å²) in [6, 6.07) is 0. The molecule has 2 saturated heterocycles. The van der Waals surface area contributed by atoms with E-state index in [4.69, 9.17) is 16.3 Å². The number of esters is 1. The van der Waals surface area contributed by atoms with E-state index in [1.807, 2.05) is 4.90 Å². The fourth-order valence-electron chi connectivity index (χ4n) is 2.95. The molecule has 126 valence electrons. The van der Waals surface area contributed by atoms with E-state index < -0.39 is 29.7 Å². The van der Waals surface area contributed by atoms with E-state index in [9.17, 15) is 14.0 Å². The van der Waals surface area contributed by atoms with Gasteiger partial charge in [0.2, 0.25) is 0 Å². The fourth-order valence-corrected chi connectivity index (χ4v) is 3.32. The van der Waals surface area contributed by atoms with Crippen LogP contribution in [0, 0.1) is 5.92 Å². The van der Waals surface area contributed by atoms with Crippen LogP contribution in [0.15, 0.2) is 0 Å². The van der Waals surface area contributed by atoms with E-state index in [0.717, 1.165) is 26.2 Å². The number of ketones is 1. The van der Waals surface area contributed by atoms with Crippen LogP contribution < -0.4 is 10.6 Å². The average Bonchev–Trinajstić information content (AvgIpc) is 2.50. The van der Waals surface area contributed by atoms with Crippen LogP contribution in [0.2, 0.25) is 0 Å². The molecule has 4 unspecified atom stereocenters. The largest absolute Gasteiger partial charge is 0.466 e. The van der Waals surface area contributed by atoms with Crippen LogP contribution in [0.1, 0.15) is 19.8 Å². The summed E-state index contributed by atoms with van der Waals surface area (Å²) < 4.78 is 19.2. The van der Waals surface area contributed by atoms with Crippen molar-refractivity contribution in [1.82, 2.24) is 15.5 Å². The van der Waals surface area contributed by atoms with Crippen molar-refractivity contribution in [3.63, 3.8) is 0 Å². The molecule has 4 atom stereocenters. The van der Waals surface area contributed by atoms with Crippen LogP contribution in [0.25, 0.3) is 0 Å². The van der Waals surface area contributed by atoms with Gasteiger partial charge in [-0.15, -0.1) is 11.6 Å². The van der Waals surface area contributed by atoms with Gasteiger partial charge in [0.15, 0.2) is 0 Å². The van der Waals surface area contributed by atoms with E-state index in [0.29, 0.717) is 0 Å². The van der Waals surface area contributed by atoms with Gasteiger partial charge in [0, 0.05) is 26.2 Å². The van der Waals surface area contributed by atoms with Crippen molar-refractivity contribution >= 4 is 23.4 Å². The maximum Gasteiger partial charge on any atom is 0.313 e. The first kappa shape index (κ1) is 17.6. The minimum absolute atomic E-state index is 0.0357. The molecule has 0 amide bonds. The number of rotatable bonds is 5. The Morgan fingerprint density at radius 2 is 2.05 bits per heavy atom. The zero-order valence-corrected chi connectivity index (χ0v) is 13.4. The number of carbonyl (C=O) groups excluding carboxylic acids is 2. The second-order valence-electron chi connectivity index (χ2n) is 5.61. The summed E-state index contributed by atoms with van der Waals surface area (Å²) in [4.78, 5) is 25.5. The Morgan fingerprint density at radius 1 is 1.36 bits per heavy atom. The Bertz CT molecular complexity index is 407. The monoisotopic (exact) mass is 335 g/mol. The SMILES string of the molecule is CCOC(=O)CC(=O)C1CC(F)C(N2CCNCC2)NC1Cl. The quantitative estimate of drug-likeness (QED) is 0.325. The van der Waals surface area contributed by atoms with Gasteiger partial charge in [-0.3, -0.25) is 19.8 Å². The van der Waals surface area contributed by atoms with Crippen molar-refractivity contribution in [2.75, 3.05) is 32.8 Å². The summed E-state index contributed by atoms with van der Waals surface area (Å²) in [5, 5.41) is 6.20. The number of ether oxygens (including phenoxy) is 1. The third kappa shape index (κ3) is 4.38. The molecule has 2 N–H and O–H groups in total. The number of piperazine rings is 1. The normalized spacial score (nSPS) is 33.4. The molecule has 0 bridgehead atoms. The number of carbonyl (C=O) groups is 2. The molecular formula is C14H23ClFN3O3. The van der Waals surface area contributed by atoms with Crippen molar-refractivity contribution in [2.45, 2.75) is 37.6 Å². The summed E-state index contributed by atoms with van der Waals surface area (Å²) in [6.07, 6.45) is -1.98. The van der Waals surface area contributed by atoms with Crippen LogP contribution in [-0.4, -0.2) is 67.3 Å². The van der Waals surface area contributed by atoms with Crippen molar-refractivity contribution < 1.29 is 18.7 Å². The Morgan fingerprint density at radius 3 is 2.68 bits per heavy atom. The molecule has 0 spiro atoms. The van der Waals surface area contributed by atoms with Crippen molar-refractivity contribution in [3.05, 3.63) is 0 Å². The molecule has 2 heterocycles. The first-order valence-electron chi connectivity index (χ1n) is 7.70. The zero-order valence-electron chi connectivity index (χ0n) is 12.7. The lowest BCUT2D eigenvalue weighted by atomic mass is 9.90. The first-order chi connectivity index (χ1) is 10.5. The van der Waals surface area contributed by atoms with E-state index in [1.165, 1.54) is 0 Å². The lowest BCUT2D eigenvalue weighted by Crippen LogP contribution is -2.63. The Labute approximate surface area is 134 Å². The second-order valence-corrected chi connectivity index (χ2v) is 6.08. The van der Waals surface area contributed by atoms with Gasteiger partial charge in [-0.1, -0.05) is 0 Å². The molecule has 6 nitrogen and oxygen atoms in total. The molecule has 8 heteroatoms. The van der Waals surface area contributed by atoms with E-state index in [-0.39, 0.29) is 25.2 Å². The topological polar surface area (TPSA) is 70.7 Å². The highest BCUT2D eigenvalue weighted by atomic mass is 35.5. The summed E-state index contributed by atoms with van der Waals surface area (Å²) in [5.74, 6) is -1.66. The number of Topliss-reactive ketones (excluding diaryl/α,β-unsaturated/α-hetero) is 1. The van der Waals surface area contributed by atoms with Crippen LogP contribution in [-0.2, 0) is 14.3 Å². The molecule has 2 rings (SSSR count). The van der Waals surface area contributed by atoms with Crippen LogP contribution in [0.5, 0.6) is 0 Å². The lowest BCUT2D eigenvalue weighted by molar-refractivity contribution is -0.147. The van der Waals surface area contributed by atoms with Crippen LogP contribution in [0.3, 0.4) is 0 Å². The number of hydrogen-bond acceptors (Lipinski definition) is 6. The molecule has 2 fully saturated rings. The van der Waals surface area contributed by atoms with Gasteiger partial charge in [0.25, 0.3) is 0 Å². The Hall–Kier alpha value is -0.760. The summed E-state index contributed by atoms with van der Waals surface area (Å²) >= 11 is 6.22. The molecule has 0 aliphatic carbocycles. The third-order valence-corrected chi connectivity index (χ3v) is 4.52. The predicted octanol–water partition coefficient (Wildman–Crippen LogP) is 0.253. The number of nitrogens with zero attached hydrogens (tertiary/aromatic N) is 1. The molecular weight excluding hydrogens is 313 g/mol. The molecule has 0 aromatic rings. The number of alkyl halides is 2. The number of nitrogens with one attached hydrogen (secondary N) is 2. The van der Waals surface area contributed by atoms with E-state index >= 15 is 0 Å². The lowest BCUT2D eigenvalue weighted by Gasteiger charge is -2.43. The third-order valence-electron chi connectivity index (χ3n) is 4.09. The van der Waals surface area contributed by atoms with Gasteiger partial charge >= 0.3 is 5.97 Å².